The molecule has 3 aromatic carbocycles. The maximum absolute atomic E-state index is 13.1. The molecule has 0 aliphatic heterocycles. The van der Waals surface area contributed by atoms with Crippen LogP contribution in [0.2, 0.25) is 0 Å². The van der Waals surface area contributed by atoms with Crippen molar-refractivity contribution >= 4 is 32.6 Å². The van der Waals surface area contributed by atoms with Crippen molar-refractivity contribution in [2.24, 2.45) is 0 Å². The summed E-state index contributed by atoms with van der Waals surface area (Å²) in [5, 5.41) is 0.762. The number of furan rings is 1. The van der Waals surface area contributed by atoms with Gasteiger partial charge < -0.3 is 9.32 Å². The van der Waals surface area contributed by atoms with Crippen LogP contribution in [0.25, 0.3) is 22.1 Å². The van der Waals surface area contributed by atoms with Crippen molar-refractivity contribution in [1.29, 1.82) is 0 Å². The molecule has 0 atom stereocenters. The monoisotopic (exact) mass is 434 g/mol. The van der Waals surface area contributed by atoms with E-state index < -0.39 is 15.9 Å². The minimum absolute atomic E-state index is 0.0248. The first kappa shape index (κ1) is 20.7. The molecule has 31 heavy (non-hydrogen) atoms. The van der Waals surface area contributed by atoms with E-state index >= 15 is 0 Å². The number of carbonyl (C=O) groups is 1. The number of nitrogens with zero attached hydrogens (tertiary/aromatic N) is 1. The van der Waals surface area contributed by atoms with Gasteiger partial charge in [0, 0.05) is 36.8 Å². The normalized spacial score (nSPS) is 11.5. The average molecular weight is 435 g/mol. The number of hydrogen-bond donors (Lipinski definition) is 1. The minimum atomic E-state index is -4.12. The Hall–Kier alpha value is -3.58. The second kappa shape index (κ2) is 7.92. The largest absolute Gasteiger partial charge is 0.451 e. The topological polar surface area (TPSA) is 79.6 Å². The van der Waals surface area contributed by atoms with E-state index in [-0.39, 0.29) is 10.7 Å². The van der Waals surface area contributed by atoms with E-state index in [2.05, 4.69) is 4.72 Å². The summed E-state index contributed by atoms with van der Waals surface area (Å²) < 4.78 is 34.0. The number of carbonyl (C=O) groups excluding carboxylic acids is 1. The smallest absolute Gasteiger partial charge is 0.300 e. The molecule has 7 heteroatoms. The number of benzene rings is 3. The van der Waals surface area contributed by atoms with Crippen LogP contribution in [0.5, 0.6) is 0 Å². The number of amides is 1. The molecule has 1 heterocycles. The van der Waals surface area contributed by atoms with Gasteiger partial charge in [0.05, 0.1) is 4.90 Å². The van der Waals surface area contributed by atoms with E-state index in [9.17, 15) is 13.2 Å². The number of nitrogens with one attached hydrogen (secondary N) is 1. The molecule has 1 amide bonds. The summed E-state index contributed by atoms with van der Waals surface area (Å²) in [5.74, 6) is -0.875. The quantitative estimate of drug-likeness (QED) is 0.497. The van der Waals surface area contributed by atoms with Gasteiger partial charge in [0.15, 0.2) is 5.76 Å². The molecule has 1 aromatic heterocycles. The lowest BCUT2D eigenvalue weighted by atomic mass is 10.1. The first-order valence-electron chi connectivity index (χ1n) is 9.69. The molecule has 0 spiro atoms. The van der Waals surface area contributed by atoms with Gasteiger partial charge in [0.1, 0.15) is 5.58 Å². The maximum Gasteiger partial charge on any atom is 0.300 e. The molecule has 0 aliphatic rings. The van der Waals surface area contributed by atoms with Gasteiger partial charge in [0.2, 0.25) is 0 Å². The van der Waals surface area contributed by atoms with Gasteiger partial charge in [0.25, 0.3) is 10.0 Å². The zero-order chi connectivity index (χ0) is 22.2. The van der Waals surface area contributed by atoms with Crippen molar-refractivity contribution in [2.45, 2.75) is 11.8 Å². The predicted molar refractivity (Wildman–Crippen MR) is 122 cm³/mol. The van der Waals surface area contributed by atoms with E-state index in [1.54, 1.807) is 24.3 Å². The molecule has 0 saturated heterocycles. The first-order valence-corrected chi connectivity index (χ1v) is 11.2. The second-order valence-electron chi connectivity index (χ2n) is 7.48. The standard InChI is InChI=1S/C24H22N2O4S/c1-16-13-18(26(2)3)14-21-20(16)15-22(30-21)24(27)25-31(28,29)23-12-8-7-11-19(23)17-9-5-4-6-10-17/h4-15H,1-3H3,(H,25,27). The van der Waals surface area contributed by atoms with E-state index in [1.165, 1.54) is 6.07 Å². The summed E-state index contributed by atoms with van der Waals surface area (Å²) in [6.07, 6.45) is 0. The number of aryl methyl sites for hydroxylation is 1. The number of rotatable bonds is 5. The van der Waals surface area contributed by atoms with Crippen molar-refractivity contribution in [3.63, 3.8) is 0 Å². The van der Waals surface area contributed by atoms with Gasteiger partial charge in [-0.3, -0.25) is 4.79 Å². The zero-order valence-corrected chi connectivity index (χ0v) is 18.2. The third-order valence-corrected chi connectivity index (χ3v) is 6.45. The molecule has 6 nitrogen and oxygen atoms in total. The zero-order valence-electron chi connectivity index (χ0n) is 17.4. The predicted octanol–water partition coefficient (Wildman–Crippen LogP) is 4.59. The fourth-order valence-corrected chi connectivity index (χ4v) is 4.64. The molecule has 0 fully saturated rings. The molecule has 0 saturated carbocycles. The van der Waals surface area contributed by atoms with Gasteiger partial charge in [-0.15, -0.1) is 0 Å². The van der Waals surface area contributed by atoms with Crippen LogP contribution >= 0.6 is 0 Å². The van der Waals surface area contributed by atoms with E-state index in [4.69, 9.17) is 4.42 Å². The Morgan fingerprint density at radius 2 is 1.61 bits per heavy atom. The minimum Gasteiger partial charge on any atom is -0.451 e. The summed E-state index contributed by atoms with van der Waals surface area (Å²) in [6.45, 7) is 1.92. The summed E-state index contributed by atoms with van der Waals surface area (Å²) in [6, 6.07) is 21.1. The van der Waals surface area contributed by atoms with Crippen LogP contribution < -0.4 is 9.62 Å². The van der Waals surface area contributed by atoms with Gasteiger partial charge >= 0.3 is 5.91 Å². The van der Waals surface area contributed by atoms with Crippen molar-refractivity contribution in [1.82, 2.24) is 4.72 Å². The molecule has 1 N–H and O–H groups in total. The Balaban J connectivity index is 1.69. The molecule has 4 aromatic rings. The maximum atomic E-state index is 13.1. The molecule has 0 aliphatic carbocycles. The Morgan fingerprint density at radius 3 is 2.32 bits per heavy atom. The molecule has 0 unspecified atom stereocenters. The van der Waals surface area contributed by atoms with Crippen molar-refractivity contribution < 1.29 is 17.6 Å². The lowest BCUT2D eigenvalue weighted by Gasteiger charge is -2.12. The van der Waals surface area contributed by atoms with Gasteiger partial charge in [-0.2, -0.15) is 0 Å². The van der Waals surface area contributed by atoms with E-state index in [1.807, 2.05) is 68.4 Å². The number of fused-ring (bicyclic) bond motifs is 1. The molecule has 158 valence electrons. The van der Waals surface area contributed by atoms with Crippen LogP contribution in [0, 0.1) is 6.92 Å². The highest BCUT2D eigenvalue weighted by atomic mass is 32.2. The van der Waals surface area contributed by atoms with Crippen LogP contribution in [0.4, 0.5) is 5.69 Å². The third kappa shape index (κ3) is 4.04. The molecular formula is C24H22N2O4S. The lowest BCUT2D eigenvalue weighted by molar-refractivity contribution is 0.0956. The lowest BCUT2D eigenvalue weighted by Crippen LogP contribution is -2.30. The Kier molecular flexibility index (Phi) is 5.29. The number of sulfonamides is 1. The summed E-state index contributed by atoms with van der Waals surface area (Å²) in [5.41, 5.74) is 3.64. The van der Waals surface area contributed by atoms with Crippen molar-refractivity contribution in [3.05, 3.63) is 84.1 Å². The van der Waals surface area contributed by atoms with Crippen LogP contribution in [0.1, 0.15) is 16.1 Å². The summed E-state index contributed by atoms with van der Waals surface area (Å²) >= 11 is 0. The highest BCUT2D eigenvalue weighted by Crippen LogP contribution is 2.29. The number of hydrogen-bond acceptors (Lipinski definition) is 5. The number of anilines is 1. The molecule has 4 rings (SSSR count). The summed E-state index contributed by atoms with van der Waals surface area (Å²) in [7, 11) is -0.302. The first-order chi connectivity index (χ1) is 14.8. The van der Waals surface area contributed by atoms with E-state index in [0.29, 0.717) is 11.1 Å². The van der Waals surface area contributed by atoms with Crippen LogP contribution in [0.15, 0.2) is 82.1 Å². The van der Waals surface area contributed by atoms with Gasteiger partial charge in [-0.1, -0.05) is 48.5 Å². The SMILES string of the molecule is Cc1cc(N(C)C)cc2oc(C(=O)NS(=O)(=O)c3ccccc3-c3ccccc3)cc12. The fourth-order valence-electron chi connectivity index (χ4n) is 3.45. The van der Waals surface area contributed by atoms with Gasteiger partial charge in [-0.05, 0) is 36.2 Å². The Morgan fingerprint density at radius 1 is 0.935 bits per heavy atom. The van der Waals surface area contributed by atoms with Crippen LogP contribution in [-0.2, 0) is 10.0 Å². The van der Waals surface area contributed by atoms with Crippen LogP contribution in [0.3, 0.4) is 0 Å². The fraction of sp³-hybridized carbons (Fsp3) is 0.125. The highest BCUT2D eigenvalue weighted by molar-refractivity contribution is 7.90. The summed E-state index contributed by atoms with van der Waals surface area (Å²) in [4.78, 5) is 14.7. The van der Waals surface area contributed by atoms with Gasteiger partial charge in [-0.25, -0.2) is 13.1 Å². The Labute approximate surface area is 181 Å². The average Bonchev–Trinajstić information content (AvgIpc) is 3.19. The third-order valence-electron chi connectivity index (χ3n) is 5.06. The Bertz CT molecular complexity index is 1370. The molecule has 0 bridgehead atoms. The van der Waals surface area contributed by atoms with Crippen molar-refractivity contribution in [3.8, 4) is 11.1 Å². The highest BCUT2D eigenvalue weighted by Gasteiger charge is 2.24. The molecule has 0 radical (unpaired) electrons. The van der Waals surface area contributed by atoms with Crippen molar-refractivity contribution in [2.75, 3.05) is 19.0 Å². The van der Waals surface area contributed by atoms with Crippen LogP contribution in [-0.4, -0.2) is 28.4 Å². The second-order valence-corrected chi connectivity index (χ2v) is 9.13. The van der Waals surface area contributed by atoms with E-state index in [0.717, 1.165) is 22.2 Å². The molecular weight excluding hydrogens is 412 g/mol.